The fraction of sp³-hybridized carbons (Fsp3) is 0.493. The highest BCUT2D eigenvalue weighted by Crippen LogP contribution is 2.42. The lowest BCUT2D eigenvalue weighted by Crippen LogP contribution is -2.64. The van der Waals surface area contributed by atoms with Gasteiger partial charge in [0.25, 0.3) is 0 Å². The summed E-state index contributed by atoms with van der Waals surface area (Å²) in [6.07, 6.45) is -11.2. The number of ether oxygens (including phenoxy) is 14. The number of benzene rings is 6. The molecule has 6 aromatic carbocycles. The fourth-order valence-corrected chi connectivity index (χ4v) is 12.3. The van der Waals surface area contributed by atoms with Crippen LogP contribution in [0, 0.1) is 23.7 Å². The van der Waals surface area contributed by atoms with Crippen LogP contribution >= 0.6 is 0 Å². The van der Waals surface area contributed by atoms with Gasteiger partial charge in [0.1, 0.15) is 42.7 Å². The van der Waals surface area contributed by atoms with Crippen LogP contribution in [0.1, 0.15) is 81.2 Å². The van der Waals surface area contributed by atoms with Crippen LogP contribution in [0.15, 0.2) is 182 Å². The van der Waals surface area contributed by atoms with Crippen molar-refractivity contribution in [3.63, 3.8) is 0 Å². The molecule has 15 nitrogen and oxygen atoms in total. The minimum absolute atomic E-state index is 0.0322. The lowest BCUT2D eigenvalue weighted by Gasteiger charge is -2.52. The van der Waals surface area contributed by atoms with Gasteiger partial charge in [-0.2, -0.15) is 0 Å². The van der Waals surface area contributed by atoms with Crippen LogP contribution in [0.3, 0.4) is 0 Å². The van der Waals surface area contributed by atoms with Crippen molar-refractivity contribution in [2.75, 3.05) is 19.8 Å². The normalized spacial score (nSPS) is 34.7. The quantitative estimate of drug-likeness (QED) is 0.0612. The maximum Gasteiger partial charge on any atom is 0.186 e. The van der Waals surface area contributed by atoms with Gasteiger partial charge in [0.15, 0.2) is 25.2 Å². The second-order valence-electron chi connectivity index (χ2n) is 23.9. The monoisotopic (exact) mass is 1180 g/mol. The predicted molar refractivity (Wildman–Crippen MR) is 321 cm³/mol. The third-order valence-electron chi connectivity index (χ3n) is 17.8. The molecule has 6 aromatic rings. The molecule has 5 fully saturated rings. The van der Waals surface area contributed by atoms with Crippen molar-refractivity contribution in [3.05, 3.63) is 215 Å². The first-order valence-corrected chi connectivity index (χ1v) is 30.8. The first kappa shape index (κ1) is 62.3. The molecule has 0 radical (unpaired) electrons. The molecule has 0 spiro atoms. The van der Waals surface area contributed by atoms with E-state index in [2.05, 4.69) is 58.9 Å². The van der Waals surface area contributed by atoms with Crippen LogP contribution in [0.5, 0.6) is 0 Å². The second kappa shape index (κ2) is 30.3. The Bertz CT molecular complexity index is 2900. The number of hydrogen-bond acceptors (Lipinski definition) is 15. The SMILES string of the molecule is CC1OC(COC2OC(C)C(C)C(OCc3ccccc3)C2OCc2ccccc2)C(OC2OC(COCc3ccccc3)C(OC3OC4COC(c5ccccc5)OC4C(O)C3C)C(OCc3ccccc3)C2C)C(OCc2ccccc2)C1C. The molecule has 21 atom stereocenters. The van der Waals surface area contributed by atoms with E-state index >= 15 is 0 Å². The van der Waals surface area contributed by atoms with Gasteiger partial charge in [-0.05, 0) is 41.7 Å². The van der Waals surface area contributed by atoms with Gasteiger partial charge in [0.05, 0.1) is 89.5 Å². The predicted octanol–water partition coefficient (Wildman–Crippen LogP) is 11.3. The molecule has 5 saturated heterocycles. The Morgan fingerprint density at radius 3 is 1.28 bits per heavy atom. The Morgan fingerprint density at radius 2 is 0.779 bits per heavy atom. The fourth-order valence-electron chi connectivity index (χ4n) is 12.3. The minimum atomic E-state index is -0.949. The topological polar surface area (TPSA) is 149 Å². The molecule has 1 N–H and O–H groups in total. The van der Waals surface area contributed by atoms with E-state index in [1.807, 2.05) is 165 Å². The first-order valence-electron chi connectivity index (χ1n) is 30.8. The summed E-state index contributed by atoms with van der Waals surface area (Å²) < 4.78 is 96.8. The summed E-state index contributed by atoms with van der Waals surface area (Å²) in [5.41, 5.74) is 5.94. The zero-order chi connectivity index (χ0) is 59.4. The molecule has 0 aromatic heterocycles. The molecular formula is C71H86O15. The van der Waals surface area contributed by atoms with Crippen molar-refractivity contribution in [2.45, 2.75) is 179 Å². The molecule has 5 aliphatic heterocycles. The van der Waals surface area contributed by atoms with Gasteiger partial charge in [-0.1, -0.05) is 210 Å². The lowest BCUT2D eigenvalue weighted by molar-refractivity contribution is -0.384. The average molecular weight is 1180 g/mol. The van der Waals surface area contributed by atoms with Crippen LogP contribution in [-0.4, -0.2) is 123 Å². The third-order valence-corrected chi connectivity index (χ3v) is 17.8. The summed E-state index contributed by atoms with van der Waals surface area (Å²) in [7, 11) is 0. The summed E-state index contributed by atoms with van der Waals surface area (Å²) in [4.78, 5) is 0. The number of hydrogen-bond donors (Lipinski definition) is 1. The van der Waals surface area contributed by atoms with E-state index in [0.29, 0.717) is 26.4 Å². The van der Waals surface area contributed by atoms with E-state index in [0.717, 1.165) is 33.4 Å². The molecule has 86 heavy (non-hydrogen) atoms. The number of aliphatic hydroxyl groups is 1. The van der Waals surface area contributed by atoms with Crippen LogP contribution in [-0.2, 0) is 99.4 Å². The Morgan fingerprint density at radius 1 is 0.372 bits per heavy atom. The highest BCUT2D eigenvalue weighted by atomic mass is 16.8. The van der Waals surface area contributed by atoms with Crippen molar-refractivity contribution in [2.24, 2.45) is 23.7 Å². The third kappa shape index (κ3) is 15.6. The zero-order valence-corrected chi connectivity index (χ0v) is 50.3. The van der Waals surface area contributed by atoms with Gasteiger partial charge >= 0.3 is 0 Å². The van der Waals surface area contributed by atoms with Gasteiger partial charge in [-0.15, -0.1) is 0 Å². The second-order valence-corrected chi connectivity index (χ2v) is 23.9. The molecule has 0 bridgehead atoms. The van der Waals surface area contributed by atoms with E-state index in [9.17, 15) is 5.11 Å². The highest BCUT2D eigenvalue weighted by molar-refractivity contribution is 5.19. The Kier molecular flexibility index (Phi) is 21.9. The van der Waals surface area contributed by atoms with Gasteiger partial charge in [0.2, 0.25) is 0 Å². The number of fused-ring (bicyclic) bond motifs is 1. The average Bonchev–Trinajstić information content (AvgIpc) is 1.53. The largest absolute Gasteiger partial charge is 0.390 e. The van der Waals surface area contributed by atoms with Gasteiger partial charge < -0.3 is 71.4 Å². The zero-order valence-electron chi connectivity index (χ0n) is 50.3. The Hall–Kier alpha value is -5.28. The van der Waals surface area contributed by atoms with E-state index in [1.54, 1.807) is 0 Å². The lowest BCUT2D eigenvalue weighted by atomic mass is 9.87. The summed E-state index contributed by atoms with van der Waals surface area (Å²) in [5.74, 6) is -1.18. The molecule has 0 saturated carbocycles. The van der Waals surface area contributed by atoms with E-state index < -0.39 is 98.0 Å². The summed E-state index contributed by atoms with van der Waals surface area (Å²) in [5, 5.41) is 12.1. The van der Waals surface area contributed by atoms with Crippen LogP contribution in [0.25, 0.3) is 0 Å². The maximum atomic E-state index is 12.1. The van der Waals surface area contributed by atoms with Crippen molar-refractivity contribution >= 4 is 0 Å². The van der Waals surface area contributed by atoms with Crippen molar-refractivity contribution in [1.29, 1.82) is 0 Å². The Labute approximate surface area is 507 Å². The minimum Gasteiger partial charge on any atom is -0.390 e. The Balaban J connectivity index is 0.893. The van der Waals surface area contributed by atoms with Crippen LogP contribution in [0.4, 0.5) is 0 Å². The molecule has 11 rings (SSSR count). The number of rotatable bonds is 24. The molecule has 5 heterocycles. The van der Waals surface area contributed by atoms with Gasteiger partial charge in [-0.3, -0.25) is 0 Å². The van der Waals surface area contributed by atoms with E-state index in [4.69, 9.17) is 66.3 Å². The van der Waals surface area contributed by atoms with Gasteiger partial charge in [0, 0.05) is 29.2 Å². The molecule has 21 unspecified atom stereocenters. The van der Waals surface area contributed by atoms with Crippen LogP contribution < -0.4 is 0 Å². The summed E-state index contributed by atoms with van der Waals surface area (Å²) in [6.45, 7) is 14.4. The number of aliphatic hydroxyl groups excluding tert-OH is 1. The summed E-state index contributed by atoms with van der Waals surface area (Å²) >= 11 is 0. The van der Waals surface area contributed by atoms with E-state index in [-0.39, 0.29) is 56.6 Å². The van der Waals surface area contributed by atoms with Crippen molar-refractivity contribution in [3.8, 4) is 0 Å². The summed E-state index contributed by atoms with van der Waals surface area (Å²) in [6, 6.07) is 60.2. The molecular weight excluding hydrogens is 1090 g/mol. The smallest absolute Gasteiger partial charge is 0.186 e. The first-order chi connectivity index (χ1) is 42.0. The van der Waals surface area contributed by atoms with Crippen molar-refractivity contribution in [1.82, 2.24) is 0 Å². The maximum absolute atomic E-state index is 12.1. The molecule has 5 aliphatic rings. The standard InChI is InChI=1S/C71H86O15/c1-45-49(5)80-59(44-79-71-67(77-41-55-33-21-11-22-34-55)62(46(2)50(6)81-71)75-39-53-29-17-9-18-30-53)66(61(45)74-38-52-27-15-8-16-28-52)86-69-48(4)63(76-40-54-31-19-10-20-32-54)65(57(82-69)42-73-37-51-25-13-7-14-26-51)85-68-47(3)60(72)64-58(83-68)43-78-70(84-64)56-35-23-12-24-36-56/h7-36,45-50,57-72H,37-44H2,1-6H3. The molecule has 0 amide bonds. The molecule has 15 heteroatoms. The van der Waals surface area contributed by atoms with E-state index in [1.165, 1.54) is 0 Å². The molecule has 460 valence electrons. The highest BCUT2D eigenvalue weighted by Gasteiger charge is 2.55. The van der Waals surface area contributed by atoms with Crippen LogP contribution in [0.2, 0.25) is 0 Å². The molecule has 0 aliphatic carbocycles. The van der Waals surface area contributed by atoms with Crippen molar-refractivity contribution < 1.29 is 71.4 Å². The van der Waals surface area contributed by atoms with Gasteiger partial charge in [-0.25, -0.2) is 0 Å².